The minimum atomic E-state index is 0.729. The van der Waals surface area contributed by atoms with Crippen LogP contribution < -0.4 is 5.32 Å². The van der Waals surface area contributed by atoms with E-state index in [4.69, 9.17) is 0 Å². The second-order valence-corrected chi connectivity index (χ2v) is 4.55. The summed E-state index contributed by atoms with van der Waals surface area (Å²) in [7, 11) is 0. The number of rotatable bonds is 1. The highest BCUT2D eigenvalue weighted by molar-refractivity contribution is 5.82. The lowest BCUT2D eigenvalue weighted by Gasteiger charge is -2.18. The molecule has 1 aliphatic heterocycles. The van der Waals surface area contributed by atoms with Crippen LogP contribution in [0.1, 0.15) is 45.4 Å². The molecule has 0 saturated heterocycles. The highest BCUT2D eigenvalue weighted by Crippen LogP contribution is 2.24. The molecule has 2 rings (SSSR count). The molecule has 2 heteroatoms. The Labute approximate surface area is 80.8 Å². The number of amidine groups is 1. The summed E-state index contributed by atoms with van der Waals surface area (Å²) < 4.78 is 0. The van der Waals surface area contributed by atoms with Crippen LogP contribution in [0.15, 0.2) is 4.99 Å². The lowest BCUT2D eigenvalue weighted by Crippen LogP contribution is -2.34. The van der Waals surface area contributed by atoms with Crippen molar-refractivity contribution in [3.63, 3.8) is 0 Å². The summed E-state index contributed by atoms with van der Waals surface area (Å²) in [4.78, 5) is 4.52. The van der Waals surface area contributed by atoms with Gasteiger partial charge in [0.25, 0.3) is 0 Å². The van der Waals surface area contributed by atoms with E-state index < -0.39 is 0 Å². The number of hydrogen-bond donors (Lipinski definition) is 1. The van der Waals surface area contributed by atoms with Gasteiger partial charge in [-0.3, -0.25) is 4.99 Å². The monoisotopic (exact) mass is 180 g/mol. The van der Waals surface area contributed by atoms with Crippen molar-refractivity contribution in [1.29, 1.82) is 0 Å². The van der Waals surface area contributed by atoms with E-state index in [1.54, 1.807) is 0 Å². The minimum absolute atomic E-state index is 0.729. The molecule has 0 aromatic heterocycles. The van der Waals surface area contributed by atoms with Gasteiger partial charge in [-0.25, -0.2) is 0 Å². The molecule has 1 aliphatic carbocycles. The summed E-state index contributed by atoms with van der Waals surface area (Å²) in [5, 5.41) is 3.60. The van der Waals surface area contributed by atoms with E-state index in [-0.39, 0.29) is 0 Å². The van der Waals surface area contributed by atoms with Gasteiger partial charge >= 0.3 is 0 Å². The standard InChI is InChI=1S/C11H20N2/c1-9-5-6-10(8-9)13-11-4-2-3-7-12-11/h9-10H,2-8H2,1H3,(H,12,13). The first-order valence-electron chi connectivity index (χ1n) is 5.64. The van der Waals surface area contributed by atoms with E-state index in [0.717, 1.165) is 18.5 Å². The average Bonchev–Trinajstić information content (AvgIpc) is 2.53. The van der Waals surface area contributed by atoms with Crippen LogP contribution in [0, 0.1) is 5.92 Å². The van der Waals surface area contributed by atoms with Crippen molar-refractivity contribution in [2.24, 2.45) is 10.9 Å². The van der Waals surface area contributed by atoms with Gasteiger partial charge in [-0.15, -0.1) is 0 Å². The Hall–Kier alpha value is -0.530. The van der Waals surface area contributed by atoms with Gasteiger partial charge in [0, 0.05) is 19.0 Å². The van der Waals surface area contributed by atoms with E-state index >= 15 is 0 Å². The Morgan fingerprint density at radius 2 is 2.23 bits per heavy atom. The molecule has 0 spiro atoms. The summed E-state index contributed by atoms with van der Waals surface area (Å²) in [6.45, 7) is 3.40. The zero-order valence-electron chi connectivity index (χ0n) is 8.55. The van der Waals surface area contributed by atoms with E-state index in [1.165, 1.54) is 44.4 Å². The maximum Gasteiger partial charge on any atom is 0.0965 e. The highest BCUT2D eigenvalue weighted by atomic mass is 15.0. The van der Waals surface area contributed by atoms with Gasteiger partial charge in [0.1, 0.15) is 0 Å². The smallest absolute Gasteiger partial charge is 0.0965 e. The van der Waals surface area contributed by atoms with Crippen molar-refractivity contribution in [1.82, 2.24) is 5.32 Å². The molecule has 0 radical (unpaired) electrons. The fraction of sp³-hybridized carbons (Fsp3) is 0.909. The van der Waals surface area contributed by atoms with Crippen molar-refractivity contribution < 1.29 is 0 Å². The van der Waals surface area contributed by atoms with Crippen LogP contribution in [-0.2, 0) is 0 Å². The van der Waals surface area contributed by atoms with Crippen LogP contribution in [0.3, 0.4) is 0 Å². The summed E-state index contributed by atoms with van der Waals surface area (Å²) in [6, 6.07) is 0.729. The largest absolute Gasteiger partial charge is 0.371 e. The first kappa shape index (κ1) is 9.04. The van der Waals surface area contributed by atoms with Crippen molar-refractivity contribution >= 4 is 5.84 Å². The molecule has 1 heterocycles. The third-order valence-corrected chi connectivity index (χ3v) is 3.19. The van der Waals surface area contributed by atoms with Crippen molar-refractivity contribution in [3.05, 3.63) is 0 Å². The van der Waals surface area contributed by atoms with E-state index in [1.807, 2.05) is 0 Å². The molecule has 2 aliphatic rings. The number of hydrogen-bond acceptors (Lipinski definition) is 2. The minimum Gasteiger partial charge on any atom is -0.371 e. The van der Waals surface area contributed by atoms with Gasteiger partial charge in [-0.1, -0.05) is 6.92 Å². The quantitative estimate of drug-likeness (QED) is 0.658. The maximum atomic E-state index is 4.52. The fourth-order valence-corrected chi connectivity index (χ4v) is 2.39. The van der Waals surface area contributed by atoms with Gasteiger partial charge in [0.15, 0.2) is 0 Å². The normalized spacial score (nSPS) is 34.4. The Bertz CT molecular complexity index is 198. The highest BCUT2D eigenvalue weighted by Gasteiger charge is 2.22. The van der Waals surface area contributed by atoms with E-state index in [9.17, 15) is 0 Å². The molecule has 13 heavy (non-hydrogen) atoms. The van der Waals surface area contributed by atoms with Gasteiger partial charge < -0.3 is 5.32 Å². The van der Waals surface area contributed by atoms with E-state index in [0.29, 0.717) is 0 Å². The Balaban J connectivity index is 1.80. The Morgan fingerprint density at radius 3 is 2.85 bits per heavy atom. The van der Waals surface area contributed by atoms with Gasteiger partial charge in [0.2, 0.25) is 0 Å². The SMILES string of the molecule is CC1CCC(NC2=NCCCC2)C1. The zero-order chi connectivity index (χ0) is 9.10. The molecule has 2 atom stereocenters. The second-order valence-electron chi connectivity index (χ2n) is 4.55. The van der Waals surface area contributed by atoms with E-state index in [2.05, 4.69) is 17.2 Å². The maximum absolute atomic E-state index is 4.52. The van der Waals surface area contributed by atoms with Gasteiger partial charge in [0.05, 0.1) is 5.84 Å². The van der Waals surface area contributed by atoms with Crippen molar-refractivity contribution in [3.8, 4) is 0 Å². The summed E-state index contributed by atoms with van der Waals surface area (Å²) in [5.74, 6) is 2.20. The Morgan fingerprint density at radius 1 is 1.31 bits per heavy atom. The van der Waals surface area contributed by atoms with Crippen LogP contribution in [-0.4, -0.2) is 18.4 Å². The lowest BCUT2D eigenvalue weighted by atomic mass is 10.1. The summed E-state index contributed by atoms with van der Waals surface area (Å²) in [5.41, 5.74) is 0. The van der Waals surface area contributed by atoms with Crippen LogP contribution in [0.25, 0.3) is 0 Å². The lowest BCUT2D eigenvalue weighted by molar-refractivity contribution is 0.561. The Kier molecular flexibility index (Phi) is 2.87. The molecule has 1 saturated carbocycles. The average molecular weight is 180 g/mol. The molecule has 2 unspecified atom stereocenters. The third-order valence-electron chi connectivity index (χ3n) is 3.19. The van der Waals surface area contributed by atoms with Crippen LogP contribution in [0.5, 0.6) is 0 Å². The molecule has 0 aromatic carbocycles. The van der Waals surface area contributed by atoms with Gasteiger partial charge in [-0.2, -0.15) is 0 Å². The predicted molar refractivity (Wildman–Crippen MR) is 56.1 cm³/mol. The predicted octanol–water partition coefficient (Wildman–Crippen LogP) is 2.35. The number of nitrogens with one attached hydrogen (secondary N) is 1. The first-order chi connectivity index (χ1) is 6.34. The zero-order valence-corrected chi connectivity index (χ0v) is 8.55. The number of nitrogens with zero attached hydrogens (tertiary/aromatic N) is 1. The van der Waals surface area contributed by atoms with Crippen molar-refractivity contribution in [2.75, 3.05) is 6.54 Å². The molecule has 1 N–H and O–H groups in total. The molecule has 2 nitrogen and oxygen atoms in total. The first-order valence-corrected chi connectivity index (χ1v) is 5.64. The topological polar surface area (TPSA) is 24.4 Å². The van der Waals surface area contributed by atoms with Gasteiger partial charge in [-0.05, 0) is 38.0 Å². The molecule has 1 fully saturated rings. The number of aliphatic imine (C=N–C) groups is 1. The van der Waals surface area contributed by atoms with Crippen LogP contribution in [0.2, 0.25) is 0 Å². The summed E-state index contributed by atoms with van der Waals surface area (Å²) in [6.07, 6.45) is 7.88. The summed E-state index contributed by atoms with van der Waals surface area (Å²) >= 11 is 0. The molecular weight excluding hydrogens is 160 g/mol. The molecule has 0 aromatic rings. The second kappa shape index (κ2) is 4.12. The molecule has 0 amide bonds. The third kappa shape index (κ3) is 2.45. The van der Waals surface area contributed by atoms with Crippen LogP contribution in [0.4, 0.5) is 0 Å². The molecule has 74 valence electrons. The molecule has 0 bridgehead atoms. The fourth-order valence-electron chi connectivity index (χ4n) is 2.39. The molecular formula is C11H20N2. The van der Waals surface area contributed by atoms with Crippen molar-refractivity contribution in [2.45, 2.75) is 51.5 Å². The van der Waals surface area contributed by atoms with Crippen LogP contribution >= 0.6 is 0 Å².